The molecule has 0 atom stereocenters. The topological polar surface area (TPSA) is 79.7 Å². The van der Waals surface area contributed by atoms with Crippen molar-refractivity contribution in [3.63, 3.8) is 0 Å². The lowest BCUT2D eigenvalue weighted by molar-refractivity contribution is -0.131. The van der Waals surface area contributed by atoms with Gasteiger partial charge in [-0.2, -0.15) is 4.31 Å². The number of hydrogen-bond acceptors (Lipinski definition) is 6. The van der Waals surface area contributed by atoms with Gasteiger partial charge < -0.3 is 4.90 Å². The van der Waals surface area contributed by atoms with E-state index in [1.54, 1.807) is 39.0 Å². The number of piperazine rings is 1. The minimum Gasteiger partial charge on any atom is -0.340 e. The van der Waals surface area contributed by atoms with E-state index in [1.165, 1.54) is 4.31 Å². The molecule has 0 N–H and O–H groups in total. The Bertz CT molecular complexity index is 1200. The van der Waals surface area contributed by atoms with E-state index in [-0.39, 0.29) is 28.8 Å². The number of aromatic nitrogens is 1. The average Bonchev–Trinajstić information content (AvgIpc) is 3.35. The molecule has 1 aliphatic rings. The first-order chi connectivity index (χ1) is 14.4. The molecule has 0 spiro atoms. The summed E-state index contributed by atoms with van der Waals surface area (Å²) in [5.74, 6) is 0.0259. The van der Waals surface area contributed by atoms with E-state index < -0.39 is 10.0 Å². The Labute approximate surface area is 183 Å². The van der Waals surface area contributed by atoms with E-state index in [1.807, 2.05) is 24.4 Å². The lowest BCUT2D eigenvalue weighted by atomic mass is 10.3. The largest absolute Gasteiger partial charge is 0.340 e. The van der Waals surface area contributed by atoms with Crippen LogP contribution in [0.1, 0.15) is 18.2 Å². The van der Waals surface area contributed by atoms with E-state index in [0.29, 0.717) is 30.8 Å². The van der Waals surface area contributed by atoms with Crippen LogP contribution in [0.3, 0.4) is 0 Å². The Hall–Kier alpha value is -2.01. The number of aryl methyl sites for hydroxylation is 1. The fourth-order valence-corrected chi connectivity index (χ4v) is 6.82. The molecule has 1 fully saturated rings. The number of thiazole rings is 1. The fraction of sp³-hybridized carbons (Fsp3) is 0.400. The zero-order valence-corrected chi connectivity index (χ0v) is 19.1. The third-order valence-electron chi connectivity index (χ3n) is 5.22. The van der Waals surface area contributed by atoms with Crippen LogP contribution in [-0.4, -0.2) is 54.3 Å². The first-order valence-electron chi connectivity index (χ1n) is 9.84. The van der Waals surface area contributed by atoms with Gasteiger partial charge in [0.05, 0.1) is 21.5 Å². The molecule has 0 saturated carbocycles. The SMILES string of the molecule is CCCn1c(=O)sc2cc(S(=O)(=O)N3CCN(C(=O)Cc4cccs4)CC3)ccc21. The van der Waals surface area contributed by atoms with Crippen molar-refractivity contribution in [2.45, 2.75) is 31.2 Å². The third-order valence-corrected chi connectivity index (χ3v) is 8.93. The van der Waals surface area contributed by atoms with Crippen molar-refractivity contribution < 1.29 is 13.2 Å². The summed E-state index contributed by atoms with van der Waals surface area (Å²) in [7, 11) is -3.68. The van der Waals surface area contributed by atoms with Gasteiger partial charge in [-0.3, -0.25) is 14.2 Å². The Morgan fingerprint density at radius 3 is 2.57 bits per heavy atom. The summed E-state index contributed by atoms with van der Waals surface area (Å²) in [6.07, 6.45) is 1.19. The van der Waals surface area contributed by atoms with Crippen LogP contribution in [-0.2, 0) is 27.8 Å². The number of rotatable bonds is 6. The quantitative estimate of drug-likeness (QED) is 0.561. The van der Waals surface area contributed by atoms with Crippen LogP contribution in [0.4, 0.5) is 0 Å². The van der Waals surface area contributed by atoms with Crippen molar-refractivity contribution in [3.8, 4) is 0 Å². The number of carbonyl (C=O) groups is 1. The van der Waals surface area contributed by atoms with Gasteiger partial charge in [0.25, 0.3) is 0 Å². The number of hydrogen-bond donors (Lipinski definition) is 0. The summed E-state index contributed by atoms with van der Waals surface area (Å²) in [6, 6.07) is 8.74. The molecular weight excluding hydrogens is 442 g/mol. The van der Waals surface area contributed by atoms with E-state index in [2.05, 4.69) is 0 Å². The summed E-state index contributed by atoms with van der Waals surface area (Å²) < 4.78 is 30.0. The molecule has 4 rings (SSSR count). The average molecular weight is 466 g/mol. The fourth-order valence-electron chi connectivity index (χ4n) is 3.64. The zero-order valence-electron chi connectivity index (χ0n) is 16.6. The smallest absolute Gasteiger partial charge is 0.308 e. The predicted octanol–water partition coefficient (Wildman–Crippen LogP) is 2.61. The summed E-state index contributed by atoms with van der Waals surface area (Å²) in [5.41, 5.74) is 0.773. The highest BCUT2D eigenvalue weighted by atomic mass is 32.2. The Kier molecular flexibility index (Phi) is 6.10. The maximum absolute atomic E-state index is 13.1. The number of sulfonamides is 1. The van der Waals surface area contributed by atoms with Crippen LogP contribution < -0.4 is 4.87 Å². The van der Waals surface area contributed by atoms with Crippen LogP contribution in [0.2, 0.25) is 0 Å². The molecule has 160 valence electrons. The van der Waals surface area contributed by atoms with Gasteiger partial charge in [-0.05, 0) is 36.1 Å². The molecule has 1 aromatic carbocycles. The second kappa shape index (κ2) is 8.62. The standard InChI is InChI=1S/C20H23N3O4S3/c1-2-7-23-17-6-5-16(14-18(17)29-20(23)25)30(26,27)22-10-8-21(9-11-22)19(24)13-15-4-3-12-28-15/h3-6,12,14H,2,7-11,13H2,1H3. The molecular formula is C20H23N3O4S3. The number of nitrogens with zero attached hydrogens (tertiary/aromatic N) is 3. The molecule has 0 aliphatic carbocycles. The van der Waals surface area contributed by atoms with E-state index in [9.17, 15) is 18.0 Å². The van der Waals surface area contributed by atoms with Crippen molar-refractivity contribution in [2.75, 3.05) is 26.2 Å². The molecule has 3 aromatic rings. The molecule has 1 aliphatic heterocycles. The number of fused-ring (bicyclic) bond motifs is 1. The van der Waals surface area contributed by atoms with Gasteiger partial charge in [-0.25, -0.2) is 8.42 Å². The van der Waals surface area contributed by atoms with E-state index >= 15 is 0 Å². The Balaban J connectivity index is 1.48. The molecule has 10 heteroatoms. The predicted molar refractivity (Wildman–Crippen MR) is 120 cm³/mol. The first-order valence-corrected chi connectivity index (χ1v) is 13.0. The van der Waals surface area contributed by atoms with Crippen molar-refractivity contribution in [3.05, 3.63) is 50.3 Å². The van der Waals surface area contributed by atoms with Gasteiger partial charge in [0.2, 0.25) is 15.9 Å². The Morgan fingerprint density at radius 1 is 1.13 bits per heavy atom. The van der Waals surface area contributed by atoms with Crippen LogP contribution in [0, 0.1) is 0 Å². The van der Waals surface area contributed by atoms with Crippen LogP contribution in [0.5, 0.6) is 0 Å². The van der Waals surface area contributed by atoms with Gasteiger partial charge in [0.1, 0.15) is 0 Å². The highest BCUT2D eigenvalue weighted by Gasteiger charge is 2.30. The Morgan fingerprint density at radius 2 is 1.90 bits per heavy atom. The summed E-state index contributed by atoms with van der Waals surface area (Å²) in [4.78, 5) is 27.5. The van der Waals surface area contributed by atoms with Crippen LogP contribution in [0.25, 0.3) is 10.2 Å². The summed E-state index contributed by atoms with van der Waals surface area (Å²) in [5, 5.41) is 1.94. The van der Waals surface area contributed by atoms with E-state index in [4.69, 9.17) is 0 Å². The third kappa shape index (κ3) is 4.09. The normalized spacial score (nSPS) is 15.7. The van der Waals surface area contributed by atoms with Crippen LogP contribution >= 0.6 is 22.7 Å². The second-order valence-corrected chi connectivity index (χ2v) is 11.2. The highest BCUT2D eigenvalue weighted by molar-refractivity contribution is 7.89. The minimum absolute atomic E-state index is 0.0259. The molecule has 3 heterocycles. The lowest BCUT2D eigenvalue weighted by Crippen LogP contribution is -2.50. The number of amides is 1. The van der Waals surface area contributed by atoms with Crippen molar-refractivity contribution in [2.24, 2.45) is 0 Å². The molecule has 2 aromatic heterocycles. The van der Waals surface area contributed by atoms with Crippen molar-refractivity contribution in [1.29, 1.82) is 0 Å². The van der Waals surface area contributed by atoms with Gasteiger partial charge in [0.15, 0.2) is 0 Å². The second-order valence-electron chi connectivity index (χ2n) is 7.19. The monoisotopic (exact) mass is 465 g/mol. The molecule has 1 amide bonds. The first kappa shape index (κ1) is 21.2. The molecule has 7 nitrogen and oxygen atoms in total. The number of thiophene rings is 1. The lowest BCUT2D eigenvalue weighted by Gasteiger charge is -2.34. The molecule has 0 unspecified atom stereocenters. The molecule has 0 radical (unpaired) electrons. The zero-order chi connectivity index (χ0) is 21.3. The van der Waals surface area contributed by atoms with Gasteiger partial charge in [-0.15, -0.1) is 11.3 Å². The summed E-state index contributed by atoms with van der Waals surface area (Å²) >= 11 is 2.62. The maximum atomic E-state index is 13.1. The van der Waals surface area contributed by atoms with Gasteiger partial charge >= 0.3 is 4.87 Å². The number of benzene rings is 1. The van der Waals surface area contributed by atoms with E-state index in [0.717, 1.165) is 28.2 Å². The molecule has 30 heavy (non-hydrogen) atoms. The molecule has 1 saturated heterocycles. The minimum atomic E-state index is -3.68. The van der Waals surface area contributed by atoms with Crippen molar-refractivity contribution in [1.82, 2.24) is 13.8 Å². The highest BCUT2D eigenvalue weighted by Crippen LogP contribution is 2.25. The summed E-state index contributed by atoms with van der Waals surface area (Å²) in [6.45, 7) is 3.91. The number of carbonyl (C=O) groups excluding carboxylic acids is 1. The van der Waals surface area contributed by atoms with Gasteiger partial charge in [0, 0.05) is 37.6 Å². The maximum Gasteiger partial charge on any atom is 0.308 e. The van der Waals surface area contributed by atoms with Crippen LogP contribution in [0.15, 0.2) is 45.4 Å². The molecule has 0 bridgehead atoms. The van der Waals surface area contributed by atoms with Crippen molar-refractivity contribution >= 4 is 48.8 Å². The van der Waals surface area contributed by atoms with Gasteiger partial charge in [-0.1, -0.05) is 24.3 Å².